The maximum atomic E-state index is 5.81. The van der Waals surface area contributed by atoms with Crippen LogP contribution in [0, 0.1) is 12.8 Å². The lowest BCUT2D eigenvalue weighted by atomic mass is 10.1. The molecule has 0 aromatic carbocycles. The fourth-order valence-corrected chi connectivity index (χ4v) is 1.25. The zero-order chi connectivity index (χ0) is 9.84. The Balaban J connectivity index is 2.70. The van der Waals surface area contributed by atoms with Crippen molar-refractivity contribution >= 4 is 5.69 Å². The highest BCUT2D eigenvalue weighted by molar-refractivity contribution is 5.43. The van der Waals surface area contributed by atoms with Crippen LogP contribution in [0.4, 0.5) is 5.69 Å². The van der Waals surface area contributed by atoms with Crippen molar-refractivity contribution in [2.45, 2.75) is 33.6 Å². The normalized spacial score (nSPS) is 10.8. The van der Waals surface area contributed by atoms with Crippen molar-refractivity contribution in [3.8, 4) is 0 Å². The quantitative estimate of drug-likeness (QED) is 0.772. The average molecular weight is 178 g/mol. The Bertz CT molecular complexity index is 279. The third-order valence-electron chi connectivity index (χ3n) is 2.11. The molecule has 0 amide bonds. The summed E-state index contributed by atoms with van der Waals surface area (Å²) in [4.78, 5) is 4.42. The van der Waals surface area contributed by atoms with E-state index in [0.717, 1.165) is 29.9 Å². The summed E-state index contributed by atoms with van der Waals surface area (Å²) in [6.45, 7) is 6.43. The molecule has 2 N–H and O–H groups in total. The number of hydrogen-bond donors (Lipinski definition) is 1. The second kappa shape index (κ2) is 4.26. The molecule has 2 heteroatoms. The van der Waals surface area contributed by atoms with Crippen LogP contribution >= 0.6 is 0 Å². The van der Waals surface area contributed by atoms with E-state index in [4.69, 9.17) is 5.73 Å². The molecule has 0 saturated heterocycles. The lowest BCUT2D eigenvalue weighted by molar-refractivity contribution is 0.581. The molecule has 1 aromatic heterocycles. The molecular weight excluding hydrogens is 160 g/mol. The third kappa shape index (κ3) is 3.05. The summed E-state index contributed by atoms with van der Waals surface area (Å²) >= 11 is 0. The molecule has 0 aliphatic carbocycles. The number of nitrogens with zero attached hydrogens (tertiary/aromatic N) is 1. The molecule has 1 aromatic rings. The van der Waals surface area contributed by atoms with E-state index >= 15 is 0 Å². The van der Waals surface area contributed by atoms with Crippen LogP contribution in [-0.4, -0.2) is 4.98 Å². The van der Waals surface area contributed by atoms with E-state index in [-0.39, 0.29) is 0 Å². The van der Waals surface area contributed by atoms with Gasteiger partial charge in [-0.2, -0.15) is 0 Å². The molecule has 1 heterocycles. The van der Waals surface area contributed by atoms with Gasteiger partial charge in [-0.1, -0.05) is 13.8 Å². The van der Waals surface area contributed by atoms with Crippen molar-refractivity contribution in [2.75, 3.05) is 5.73 Å². The number of hydrogen-bond acceptors (Lipinski definition) is 2. The minimum atomic E-state index is 0.710. The molecule has 0 bridgehead atoms. The van der Waals surface area contributed by atoms with Gasteiger partial charge in [-0.05, 0) is 37.8 Å². The van der Waals surface area contributed by atoms with Crippen LogP contribution in [-0.2, 0) is 6.42 Å². The first-order chi connectivity index (χ1) is 6.09. The van der Waals surface area contributed by atoms with Crippen LogP contribution in [0.25, 0.3) is 0 Å². The van der Waals surface area contributed by atoms with Gasteiger partial charge in [0.15, 0.2) is 0 Å². The van der Waals surface area contributed by atoms with Gasteiger partial charge in [0.2, 0.25) is 0 Å². The SMILES string of the molecule is Cc1ccc(N)c(CCC(C)C)n1. The number of aromatic nitrogens is 1. The molecule has 1 rings (SSSR count). The van der Waals surface area contributed by atoms with Crippen molar-refractivity contribution < 1.29 is 0 Å². The summed E-state index contributed by atoms with van der Waals surface area (Å²) < 4.78 is 0. The second-order valence-corrected chi connectivity index (χ2v) is 3.92. The zero-order valence-corrected chi connectivity index (χ0v) is 8.67. The highest BCUT2D eigenvalue weighted by atomic mass is 14.7. The van der Waals surface area contributed by atoms with Crippen LogP contribution in [0.5, 0.6) is 0 Å². The van der Waals surface area contributed by atoms with Crippen molar-refractivity contribution in [1.82, 2.24) is 4.98 Å². The number of nitrogen functional groups attached to an aromatic ring is 1. The Morgan fingerprint density at radius 3 is 2.69 bits per heavy atom. The van der Waals surface area contributed by atoms with Crippen LogP contribution in [0.3, 0.4) is 0 Å². The minimum Gasteiger partial charge on any atom is -0.397 e. The Hall–Kier alpha value is -1.05. The molecule has 0 aliphatic rings. The molecular formula is C11H18N2. The van der Waals surface area contributed by atoms with Crippen molar-refractivity contribution in [3.63, 3.8) is 0 Å². The van der Waals surface area contributed by atoms with E-state index in [1.54, 1.807) is 0 Å². The van der Waals surface area contributed by atoms with Crippen LogP contribution in [0.15, 0.2) is 12.1 Å². The summed E-state index contributed by atoms with van der Waals surface area (Å²) in [6, 6.07) is 3.90. The van der Waals surface area contributed by atoms with Crippen molar-refractivity contribution in [2.24, 2.45) is 5.92 Å². The summed E-state index contributed by atoms with van der Waals surface area (Å²) in [6.07, 6.45) is 2.14. The molecule has 0 unspecified atom stereocenters. The maximum absolute atomic E-state index is 5.81. The van der Waals surface area contributed by atoms with E-state index in [2.05, 4.69) is 18.8 Å². The number of aryl methyl sites for hydroxylation is 2. The monoisotopic (exact) mass is 178 g/mol. The summed E-state index contributed by atoms with van der Waals surface area (Å²) in [5.74, 6) is 0.710. The fourth-order valence-electron chi connectivity index (χ4n) is 1.25. The van der Waals surface area contributed by atoms with Crippen LogP contribution in [0.1, 0.15) is 31.7 Å². The van der Waals surface area contributed by atoms with Gasteiger partial charge in [-0.25, -0.2) is 0 Å². The first-order valence-corrected chi connectivity index (χ1v) is 4.81. The van der Waals surface area contributed by atoms with Gasteiger partial charge in [0.05, 0.1) is 11.4 Å². The topological polar surface area (TPSA) is 38.9 Å². The zero-order valence-electron chi connectivity index (χ0n) is 8.67. The van der Waals surface area contributed by atoms with E-state index in [0.29, 0.717) is 5.92 Å². The standard InChI is InChI=1S/C11H18N2/c1-8(2)4-7-11-10(12)6-5-9(3)13-11/h5-6,8H,4,7,12H2,1-3H3. The van der Waals surface area contributed by atoms with Gasteiger partial charge < -0.3 is 5.73 Å². The van der Waals surface area contributed by atoms with Crippen molar-refractivity contribution in [3.05, 3.63) is 23.5 Å². The Kier molecular flexibility index (Phi) is 3.29. The number of anilines is 1. The lowest BCUT2D eigenvalue weighted by Crippen LogP contribution is -2.01. The van der Waals surface area contributed by atoms with Gasteiger partial charge in [0.25, 0.3) is 0 Å². The summed E-state index contributed by atoms with van der Waals surface area (Å²) in [7, 11) is 0. The Morgan fingerprint density at radius 2 is 2.08 bits per heavy atom. The first kappa shape index (κ1) is 10.0. The van der Waals surface area contributed by atoms with Gasteiger partial charge in [-0.3, -0.25) is 4.98 Å². The number of nitrogens with two attached hydrogens (primary N) is 1. The summed E-state index contributed by atoms with van der Waals surface area (Å²) in [5, 5.41) is 0. The third-order valence-corrected chi connectivity index (χ3v) is 2.11. The van der Waals surface area contributed by atoms with E-state index in [1.165, 1.54) is 0 Å². The van der Waals surface area contributed by atoms with Gasteiger partial charge in [0.1, 0.15) is 0 Å². The molecule has 0 saturated carbocycles. The van der Waals surface area contributed by atoms with E-state index in [9.17, 15) is 0 Å². The molecule has 0 atom stereocenters. The number of pyridine rings is 1. The van der Waals surface area contributed by atoms with Gasteiger partial charge >= 0.3 is 0 Å². The molecule has 0 fully saturated rings. The van der Waals surface area contributed by atoms with Crippen LogP contribution in [0.2, 0.25) is 0 Å². The molecule has 0 radical (unpaired) electrons. The predicted molar refractivity (Wildman–Crippen MR) is 56.5 cm³/mol. The highest BCUT2D eigenvalue weighted by Crippen LogP contribution is 2.14. The second-order valence-electron chi connectivity index (χ2n) is 3.92. The Labute approximate surface area is 80.2 Å². The maximum Gasteiger partial charge on any atom is 0.0635 e. The minimum absolute atomic E-state index is 0.710. The fraction of sp³-hybridized carbons (Fsp3) is 0.545. The molecule has 2 nitrogen and oxygen atoms in total. The number of rotatable bonds is 3. The lowest BCUT2D eigenvalue weighted by Gasteiger charge is -2.07. The molecule has 0 aliphatic heterocycles. The molecule has 13 heavy (non-hydrogen) atoms. The van der Waals surface area contributed by atoms with Gasteiger partial charge in [0, 0.05) is 5.69 Å². The molecule has 72 valence electrons. The van der Waals surface area contributed by atoms with Crippen molar-refractivity contribution in [1.29, 1.82) is 0 Å². The van der Waals surface area contributed by atoms with E-state index in [1.807, 2.05) is 19.1 Å². The average Bonchev–Trinajstić information content (AvgIpc) is 2.06. The summed E-state index contributed by atoms with van der Waals surface area (Å²) in [5.41, 5.74) is 8.74. The highest BCUT2D eigenvalue weighted by Gasteiger charge is 2.02. The van der Waals surface area contributed by atoms with Gasteiger partial charge in [-0.15, -0.1) is 0 Å². The molecule has 0 spiro atoms. The first-order valence-electron chi connectivity index (χ1n) is 4.81. The largest absolute Gasteiger partial charge is 0.397 e. The smallest absolute Gasteiger partial charge is 0.0635 e. The Morgan fingerprint density at radius 1 is 1.38 bits per heavy atom. The predicted octanol–water partition coefficient (Wildman–Crippen LogP) is 2.56. The van der Waals surface area contributed by atoms with E-state index < -0.39 is 0 Å². The van der Waals surface area contributed by atoms with Crippen LogP contribution < -0.4 is 5.73 Å².